The molecule has 0 radical (unpaired) electrons. The van der Waals surface area contributed by atoms with Crippen LogP contribution in [0.4, 0.5) is 0 Å². The van der Waals surface area contributed by atoms with E-state index >= 15 is 0 Å². The Labute approximate surface area is 234 Å². The van der Waals surface area contributed by atoms with E-state index in [0.29, 0.717) is 51.0 Å². The van der Waals surface area contributed by atoms with Gasteiger partial charge in [-0.25, -0.2) is 10.4 Å². The lowest BCUT2D eigenvalue weighted by Gasteiger charge is -2.14. The number of aryl methyl sites for hydroxylation is 1. The largest absolute Gasteiger partial charge is 0.490 e. The molecule has 11 heteroatoms. The van der Waals surface area contributed by atoms with E-state index in [9.17, 15) is 10.1 Å². The molecule has 0 fully saturated rings. The minimum absolute atomic E-state index is 0.0677. The number of hydrazone groups is 1. The van der Waals surface area contributed by atoms with Gasteiger partial charge in [-0.1, -0.05) is 23.7 Å². The fourth-order valence-electron chi connectivity index (χ4n) is 3.35. The molecule has 1 aromatic heterocycles. The number of hydrogen-bond donors (Lipinski definition) is 1. The lowest BCUT2D eigenvalue weighted by atomic mass is 10.1. The molecule has 198 valence electrons. The van der Waals surface area contributed by atoms with E-state index in [4.69, 9.17) is 30.5 Å². The van der Waals surface area contributed by atoms with Gasteiger partial charge in [-0.15, -0.1) is 0 Å². The van der Waals surface area contributed by atoms with E-state index in [1.165, 1.54) is 13.3 Å². The second kappa shape index (κ2) is 14.3. The van der Waals surface area contributed by atoms with Crippen LogP contribution in [0.15, 0.2) is 52.0 Å². The van der Waals surface area contributed by atoms with E-state index in [1.807, 2.05) is 25.1 Å². The number of carbonyl (C=O) groups excluding carboxylic acids is 1. The molecule has 0 saturated heterocycles. The number of amides is 1. The average Bonchev–Trinajstić information content (AvgIpc) is 2.88. The van der Waals surface area contributed by atoms with Crippen molar-refractivity contribution >= 4 is 39.7 Å². The number of methoxy groups -OCH3 is 1. The third-order valence-corrected chi connectivity index (χ3v) is 5.82. The van der Waals surface area contributed by atoms with E-state index in [2.05, 4.69) is 31.4 Å². The highest BCUT2D eigenvalue weighted by molar-refractivity contribution is 9.10. The molecule has 0 aliphatic rings. The predicted octanol–water partition coefficient (Wildman–Crippen LogP) is 5.33. The summed E-state index contributed by atoms with van der Waals surface area (Å²) in [5, 5.41) is 14.1. The molecule has 0 aliphatic carbocycles. The van der Waals surface area contributed by atoms with Crippen LogP contribution in [0.3, 0.4) is 0 Å². The van der Waals surface area contributed by atoms with Gasteiger partial charge in [-0.2, -0.15) is 10.4 Å². The first-order chi connectivity index (χ1) is 18.3. The lowest BCUT2D eigenvalue weighted by Crippen LogP contribution is -2.25. The van der Waals surface area contributed by atoms with Gasteiger partial charge in [0.05, 0.1) is 23.9 Å². The molecule has 0 saturated carbocycles. The van der Waals surface area contributed by atoms with Gasteiger partial charge in [0.25, 0.3) is 5.91 Å². The maximum Gasteiger partial charge on any atom is 0.278 e. The molecule has 3 aromatic rings. The van der Waals surface area contributed by atoms with Crippen LogP contribution in [0.1, 0.15) is 34.9 Å². The molecule has 0 bridgehead atoms. The normalized spacial score (nSPS) is 10.7. The highest BCUT2D eigenvalue weighted by Gasteiger charge is 2.15. The van der Waals surface area contributed by atoms with Crippen LogP contribution in [0.2, 0.25) is 5.02 Å². The highest BCUT2D eigenvalue weighted by atomic mass is 79.9. The number of aromatic nitrogens is 1. The summed E-state index contributed by atoms with van der Waals surface area (Å²) < 4.78 is 23.0. The third kappa shape index (κ3) is 8.18. The van der Waals surface area contributed by atoms with Crippen molar-refractivity contribution in [3.63, 3.8) is 0 Å². The maximum atomic E-state index is 12.3. The Hall–Kier alpha value is -3.65. The fraction of sp³-hybridized carbons (Fsp3) is 0.259. The number of nitrogens with one attached hydrogen (secondary N) is 1. The summed E-state index contributed by atoms with van der Waals surface area (Å²) in [6.45, 7) is 4.25. The predicted molar refractivity (Wildman–Crippen MR) is 147 cm³/mol. The topological polar surface area (TPSA) is 115 Å². The van der Waals surface area contributed by atoms with Gasteiger partial charge < -0.3 is 18.9 Å². The maximum absolute atomic E-state index is 12.3. The average molecular weight is 602 g/mol. The second-order valence-corrected chi connectivity index (χ2v) is 9.20. The van der Waals surface area contributed by atoms with Crippen LogP contribution in [0, 0.1) is 18.3 Å². The first-order valence-electron chi connectivity index (χ1n) is 11.5. The Morgan fingerprint density at radius 1 is 1.18 bits per heavy atom. The minimum Gasteiger partial charge on any atom is -0.490 e. The SMILES string of the molecule is CCOc1cc(/C=N\NC(=O)COc2nc(C)cc(COC)c2C#N)cc(Br)c1OCc1ccc(Cl)cc1. The van der Waals surface area contributed by atoms with Crippen LogP contribution >= 0.6 is 27.5 Å². The van der Waals surface area contributed by atoms with Crippen LogP contribution in [0.25, 0.3) is 0 Å². The smallest absolute Gasteiger partial charge is 0.278 e. The molecule has 0 unspecified atom stereocenters. The van der Waals surface area contributed by atoms with Crippen molar-refractivity contribution in [2.45, 2.75) is 27.1 Å². The molecular weight excluding hydrogens is 576 g/mol. The number of nitrogens with zero attached hydrogens (tertiary/aromatic N) is 3. The highest BCUT2D eigenvalue weighted by Crippen LogP contribution is 2.37. The number of halogens is 2. The minimum atomic E-state index is -0.520. The van der Waals surface area contributed by atoms with Crippen molar-refractivity contribution in [2.75, 3.05) is 20.3 Å². The second-order valence-electron chi connectivity index (χ2n) is 7.91. The molecule has 2 aromatic carbocycles. The Bertz CT molecular complexity index is 1340. The van der Waals surface area contributed by atoms with Gasteiger partial charge in [0, 0.05) is 23.4 Å². The van der Waals surface area contributed by atoms with Crippen LogP contribution < -0.4 is 19.6 Å². The zero-order valence-corrected chi connectivity index (χ0v) is 23.4. The van der Waals surface area contributed by atoms with Crippen molar-refractivity contribution in [3.05, 3.63) is 79.9 Å². The molecule has 38 heavy (non-hydrogen) atoms. The molecule has 1 N–H and O–H groups in total. The van der Waals surface area contributed by atoms with Gasteiger partial charge in [0.15, 0.2) is 18.1 Å². The zero-order chi connectivity index (χ0) is 27.5. The summed E-state index contributed by atoms with van der Waals surface area (Å²) in [6.07, 6.45) is 1.47. The Balaban J connectivity index is 1.63. The van der Waals surface area contributed by atoms with Gasteiger partial charge in [-0.3, -0.25) is 4.79 Å². The standard InChI is InChI=1S/C27H26BrClN4O5/c1-4-36-24-11-19(10-23(28)26(24)37-14-18-5-7-21(29)8-6-18)13-31-33-25(34)16-38-27-22(12-30)20(15-35-3)9-17(2)32-27/h5-11,13H,4,14-16H2,1-3H3,(H,33,34)/b31-13-. The zero-order valence-electron chi connectivity index (χ0n) is 21.1. The first kappa shape index (κ1) is 28.9. The lowest BCUT2D eigenvalue weighted by molar-refractivity contribution is -0.123. The van der Waals surface area contributed by atoms with E-state index in [0.717, 1.165) is 5.56 Å². The van der Waals surface area contributed by atoms with E-state index in [-0.39, 0.29) is 24.7 Å². The molecule has 1 amide bonds. The number of carbonyl (C=O) groups is 1. The molecule has 1 heterocycles. The summed E-state index contributed by atoms with van der Waals surface area (Å²) in [5.74, 6) is 0.614. The number of rotatable bonds is 12. The molecule has 0 atom stereocenters. The quantitative estimate of drug-likeness (QED) is 0.220. The number of benzene rings is 2. The van der Waals surface area contributed by atoms with Crippen molar-refractivity contribution in [1.82, 2.24) is 10.4 Å². The number of ether oxygens (including phenoxy) is 4. The van der Waals surface area contributed by atoms with Crippen molar-refractivity contribution in [3.8, 4) is 23.4 Å². The summed E-state index contributed by atoms with van der Waals surface area (Å²) in [7, 11) is 1.53. The van der Waals surface area contributed by atoms with Crippen molar-refractivity contribution < 1.29 is 23.7 Å². The number of hydrogen-bond acceptors (Lipinski definition) is 8. The summed E-state index contributed by atoms with van der Waals surface area (Å²) >= 11 is 9.47. The van der Waals surface area contributed by atoms with Gasteiger partial charge in [0.1, 0.15) is 18.2 Å². The van der Waals surface area contributed by atoms with Crippen LogP contribution in [0.5, 0.6) is 17.4 Å². The van der Waals surface area contributed by atoms with Crippen molar-refractivity contribution in [2.24, 2.45) is 5.10 Å². The van der Waals surface area contributed by atoms with Gasteiger partial charge in [-0.05, 0) is 71.2 Å². The van der Waals surface area contributed by atoms with Crippen LogP contribution in [-0.4, -0.2) is 37.4 Å². The van der Waals surface area contributed by atoms with Crippen molar-refractivity contribution in [1.29, 1.82) is 5.26 Å². The first-order valence-corrected chi connectivity index (χ1v) is 12.7. The fourth-order valence-corrected chi connectivity index (χ4v) is 4.05. The Kier molecular flexibility index (Phi) is 10.9. The number of nitriles is 1. The number of pyridine rings is 1. The Morgan fingerprint density at radius 3 is 2.63 bits per heavy atom. The van der Waals surface area contributed by atoms with E-state index in [1.54, 1.807) is 37.3 Å². The molecular formula is C27H26BrClN4O5. The summed E-state index contributed by atoms with van der Waals surface area (Å²) in [5.41, 5.74) is 5.52. The molecule has 0 spiro atoms. The monoisotopic (exact) mass is 600 g/mol. The molecule has 0 aliphatic heterocycles. The third-order valence-electron chi connectivity index (χ3n) is 4.98. The van der Waals surface area contributed by atoms with E-state index < -0.39 is 5.91 Å². The summed E-state index contributed by atoms with van der Waals surface area (Å²) in [4.78, 5) is 16.5. The van der Waals surface area contributed by atoms with Gasteiger partial charge in [0.2, 0.25) is 5.88 Å². The molecule has 3 rings (SSSR count). The molecule has 9 nitrogen and oxygen atoms in total. The summed E-state index contributed by atoms with van der Waals surface area (Å²) in [6, 6.07) is 14.7. The van der Waals surface area contributed by atoms with Gasteiger partial charge >= 0.3 is 0 Å². The Morgan fingerprint density at radius 2 is 1.95 bits per heavy atom. The van der Waals surface area contributed by atoms with Crippen LogP contribution in [-0.2, 0) is 22.7 Å².